The molecule has 0 saturated heterocycles. The van der Waals surface area contributed by atoms with Crippen molar-refractivity contribution < 1.29 is 9.05 Å². The Morgan fingerprint density at radius 2 is 0.606 bits per heavy atom. The fraction of sp³-hybridized carbons (Fsp3) is 0.226. The number of rotatable bonds is 17. The zero-order chi connectivity index (χ0) is 46.2. The first-order valence-electron chi connectivity index (χ1n) is 23.9. The average molecular weight is 903 g/mol. The molecule has 0 amide bonds. The predicted molar refractivity (Wildman–Crippen MR) is 286 cm³/mol. The van der Waals surface area contributed by atoms with Crippen LogP contribution in [0.5, 0.6) is 11.5 Å². The van der Waals surface area contributed by atoms with E-state index in [0.29, 0.717) is 0 Å². The number of aryl methyl sites for hydroxylation is 6. The minimum atomic E-state index is -1.28. The lowest BCUT2D eigenvalue weighted by Crippen LogP contribution is -2.18. The van der Waals surface area contributed by atoms with Gasteiger partial charge in [0, 0.05) is 45.2 Å². The van der Waals surface area contributed by atoms with Gasteiger partial charge in [0.25, 0.3) is 0 Å². The molecule has 8 rings (SSSR count). The molecule has 334 valence electrons. The van der Waals surface area contributed by atoms with Gasteiger partial charge in [-0.25, -0.2) is 0 Å². The minimum Gasteiger partial charge on any atom is -0.464 e. The van der Waals surface area contributed by atoms with Gasteiger partial charge < -0.3 is 9.05 Å². The van der Waals surface area contributed by atoms with Crippen LogP contribution in [0.1, 0.15) is 94.5 Å². The highest BCUT2D eigenvalue weighted by Gasteiger charge is 2.31. The van der Waals surface area contributed by atoms with Gasteiger partial charge in [-0.05, 0) is 120 Å². The first kappa shape index (κ1) is 46.7. The fourth-order valence-corrected chi connectivity index (χ4v) is 13.1. The molecule has 4 heteroatoms. The van der Waals surface area contributed by atoms with E-state index in [4.69, 9.17) is 9.05 Å². The molecule has 0 fully saturated rings. The van der Waals surface area contributed by atoms with Gasteiger partial charge in [-0.3, -0.25) is 0 Å². The largest absolute Gasteiger partial charge is 0.464 e. The molecule has 0 spiro atoms. The Hall–Kier alpha value is -5.78. The van der Waals surface area contributed by atoms with Crippen molar-refractivity contribution in [1.82, 2.24) is 0 Å². The van der Waals surface area contributed by atoms with E-state index in [1.54, 1.807) is 0 Å². The standard InChI is InChI=1S/C62H64O2P2/c1-9-47-27-25-28-48(10-2)57(47)41-51-39-43(5)45(7)59(61(51)63-65(53-31-17-13-18-32-53)54-33-19-14-20-34-54)60-46(8)44(6)40-52(42-58-49(11-3)29-26-30-50(58)12-4)62(60)64-66(55-35-21-15-22-36-55)56-37-23-16-24-38-56/h13-40H,9-12,41-42H2,1-8H3. The lowest BCUT2D eigenvalue weighted by atomic mass is 9.83. The maximum Gasteiger partial charge on any atom is 0.150 e. The molecule has 0 atom stereocenters. The SMILES string of the molecule is CCc1cccc(CC)c1Cc1cc(C)c(C)c(-c2c(C)c(C)cc(Cc3c(CC)cccc3CC)c2OP(c2ccccc2)c2ccccc2)c1OP(c1ccccc1)c1ccccc1. The van der Waals surface area contributed by atoms with Gasteiger partial charge >= 0.3 is 0 Å². The fourth-order valence-electron chi connectivity index (χ4n) is 9.48. The molecule has 0 saturated carbocycles. The Morgan fingerprint density at radius 3 is 0.864 bits per heavy atom. The van der Waals surface area contributed by atoms with Crippen molar-refractivity contribution in [2.75, 3.05) is 0 Å². The number of hydrogen-bond acceptors (Lipinski definition) is 2. The molecular weight excluding hydrogens is 839 g/mol. The summed E-state index contributed by atoms with van der Waals surface area (Å²) in [5, 5.41) is 4.70. The summed E-state index contributed by atoms with van der Waals surface area (Å²) in [5.41, 5.74) is 18.0. The Labute approximate surface area is 397 Å². The number of benzene rings is 8. The van der Waals surface area contributed by atoms with Crippen LogP contribution in [-0.4, -0.2) is 0 Å². The van der Waals surface area contributed by atoms with Gasteiger partial charge in [-0.15, -0.1) is 0 Å². The monoisotopic (exact) mass is 902 g/mol. The van der Waals surface area contributed by atoms with Gasteiger partial charge in [0.1, 0.15) is 11.5 Å². The van der Waals surface area contributed by atoms with Gasteiger partial charge in [-0.2, -0.15) is 0 Å². The summed E-state index contributed by atoms with van der Waals surface area (Å²) in [6.07, 6.45) is 5.41. The minimum absolute atomic E-state index is 0.766. The second kappa shape index (κ2) is 21.7. The summed E-state index contributed by atoms with van der Waals surface area (Å²) in [6.45, 7) is 18.3. The van der Waals surface area contributed by atoms with E-state index in [1.807, 2.05) is 0 Å². The van der Waals surface area contributed by atoms with Crippen LogP contribution in [0, 0.1) is 27.7 Å². The summed E-state index contributed by atoms with van der Waals surface area (Å²) in [4.78, 5) is 0. The molecule has 0 aromatic heterocycles. The zero-order valence-corrected chi connectivity index (χ0v) is 41.9. The van der Waals surface area contributed by atoms with Crippen LogP contribution in [0.2, 0.25) is 0 Å². The third kappa shape index (κ3) is 9.98. The summed E-state index contributed by atoms with van der Waals surface area (Å²) in [6, 6.07) is 61.9. The first-order chi connectivity index (χ1) is 32.2. The van der Waals surface area contributed by atoms with Crippen molar-refractivity contribution in [3.05, 3.63) is 237 Å². The van der Waals surface area contributed by atoms with Gasteiger partial charge in [0.15, 0.2) is 16.3 Å². The van der Waals surface area contributed by atoms with Crippen molar-refractivity contribution >= 4 is 37.5 Å². The van der Waals surface area contributed by atoms with E-state index in [2.05, 4.69) is 225 Å². The van der Waals surface area contributed by atoms with Crippen LogP contribution in [0.3, 0.4) is 0 Å². The lowest BCUT2D eigenvalue weighted by molar-refractivity contribution is 0.611. The smallest absolute Gasteiger partial charge is 0.150 e. The maximum atomic E-state index is 7.93. The van der Waals surface area contributed by atoms with Crippen LogP contribution in [0.25, 0.3) is 11.1 Å². The molecule has 0 aliphatic carbocycles. The summed E-state index contributed by atoms with van der Waals surface area (Å²) >= 11 is 0. The van der Waals surface area contributed by atoms with Crippen molar-refractivity contribution in [1.29, 1.82) is 0 Å². The second-order valence-electron chi connectivity index (χ2n) is 17.4. The van der Waals surface area contributed by atoms with Gasteiger partial charge in [0.05, 0.1) is 0 Å². The molecule has 0 radical (unpaired) electrons. The van der Waals surface area contributed by atoms with E-state index in [0.717, 1.165) is 61.2 Å². The number of hydrogen-bond donors (Lipinski definition) is 0. The Bertz CT molecular complexity index is 2570. The molecular formula is C62H64O2P2. The molecule has 0 unspecified atom stereocenters. The van der Waals surface area contributed by atoms with Crippen LogP contribution in [0.4, 0.5) is 0 Å². The lowest BCUT2D eigenvalue weighted by Gasteiger charge is -2.30. The Morgan fingerprint density at radius 1 is 0.333 bits per heavy atom. The van der Waals surface area contributed by atoms with E-state index >= 15 is 0 Å². The van der Waals surface area contributed by atoms with Crippen molar-refractivity contribution in [3.63, 3.8) is 0 Å². The normalized spacial score (nSPS) is 11.4. The molecule has 0 aliphatic heterocycles. The van der Waals surface area contributed by atoms with E-state index in [1.165, 1.54) is 88.0 Å². The van der Waals surface area contributed by atoms with E-state index in [9.17, 15) is 0 Å². The summed E-state index contributed by atoms with van der Waals surface area (Å²) < 4.78 is 15.9. The highest BCUT2D eigenvalue weighted by Crippen LogP contribution is 2.53. The van der Waals surface area contributed by atoms with Gasteiger partial charge in [-0.1, -0.05) is 198 Å². The molecule has 0 heterocycles. The summed E-state index contributed by atoms with van der Waals surface area (Å²) in [5.74, 6) is 1.89. The van der Waals surface area contributed by atoms with E-state index < -0.39 is 16.3 Å². The molecule has 8 aromatic rings. The van der Waals surface area contributed by atoms with Crippen LogP contribution < -0.4 is 30.3 Å². The van der Waals surface area contributed by atoms with Crippen LogP contribution in [0.15, 0.2) is 170 Å². The topological polar surface area (TPSA) is 18.5 Å². The van der Waals surface area contributed by atoms with Crippen LogP contribution >= 0.6 is 16.3 Å². The summed E-state index contributed by atoms with van der Waals surface area (Å²) in [7, 11) is -2.56. The second-order valence-corrected chi connectivity index (χ2v) is 21.0. The first-order valence-corrected chi connectivity index (χ1v) is 26.4. The third-order valence-electron chi connectivity index (χ3n) is 13.3. The molecule has 2 nitrogen and oxygen atoms in total. The average Bonchev–Trinajstić information content (AvgIpc) is 3.36. The Kier molecular flexibility index (Phi) is 15.4. The van der Waals surface area contributed by atoms with Gasteiger partial charge in [0.2, 0.25) is 0 Å². The van der Waals surface area contributed by atoms with Crippen LogP contribution in [-0.2, 0) is 38.5 Å². The third-order valence-corrected chi connectivity index (χ3v) is 17.1. The molecule has 0 aliphatic rings. The highest BCUT2D eigenvalue weighted by atomic mass is 31.1. The molecule has 0 N–H and O–H groups in total. The predicted octanol–water partition coefficient (Wildman–Crippen LogP) is 14.9. The maximum absolute atomic E-state index is 7.93. The zero-order valence-electron chi connectivity index (χ0n) is 40.1. The van der Waals surface area contributed by atoms with Crippen molar-refractivity contribution in [2.45, 2.75) is 93.9 Å². The molecule has 66 heavy (non-hydrogen) atoms. The van der Waals surface area contributed by atoms with Crippen molar-refractivity contribution in [2.24, 2.45) is 0 Å². The van der Waals surface area contributed by atoms with E-state index in [-0.39, 0.29) is 0 Å². The molecule has 8 aromatic carbocycles. The molecule has 0 bridgehead atoms. The quantitative estimate of drug-likeness (QED) is 0.0848. The van der Waals surface area contributed by atoms with Crippen molar-refractivity contribution in [3.8, 4) is 22.6 Å². The highest BCUT2D eigenvalue weighted by molar-refractivity contribution is 7.69. The Balaban J connectivity index is 1.48.